The molecule has 1 aliphatic heterocycles. The first-order chi connectivity index (χ1) is 4.33. The lowest BCUT2D eigenvalue weighted by Gasteiger charge is -2.14. The van der Waals surface area contributed by atoms with E-state index in [0.29, 0.717) is 0 Å². The van der Waals surface area contributed by atoms with Crippen molar-refractivity contribution in [2.75, 3.05) is 7.05 Å². The minimum absolute atomic E-state index is 0.831. The largest absolute Gasteiger partial charge is 0.371 e. The fourth-order valence-electron chi connectivity index (χ4n) is 1.57. The van der Waals surface area contributed by atoms with Crippen molar-refractivity contribution in [2.24, 2.45) is 5.92 Å². The van der Waals surface area contributed by atoms with Crippen molar-refractivity contribution in [3.05, 3.63) is 24.4 Å². The average Bonchev–Trinajstić information content (AvgIpc) is 2.55. The molecule has 1 aliphatic carbocycles. The van der Waals surface area contributed by atoms with E-state index in [1.807, 2.05) is 6.08 Å². The molecule has 1 heterocycles. The lowest BCUT2D eigenvalue weighted by molar-refractivity contribution is 0.433. The van der Waals surface area contributed by atoms with Crippen molar-refractivity contribution in [3.8, 4) is 0 Å². The lowest BCUT2D eigenvalue weighted by Crippen LogP contribution is -2.15. The molecule has 0 bridgehead atoms. The van der Waals surface area contributed by atoms with Gasteiger partial charge in [-0.05, 0) is 12.5 Å². The van der Waals surface area contributed by atoms with Crippen molar-refractivity contribution in [1.29, 1.82) is 0 Å². The molecule has 1 heteroatoms. The van der Waals surface area contributed by atoms with Gasteiger partial charge in [-0.25, -0.2) is 0 Å². The molecule has 0 aromatic heterocycles. The van der Waals surface area contributed by atoms with Gasteiger partial charge in [0.15, 0.2) is 0 Å². The standard InChI is InChI=1S/C8H11N/c1-3-7-4-6-5-8(6)9(7)2/h3-4,6,8H,1,5H2,2H3. The van der Waals surface area contributed by atoms with Crippen molar-refractivity contribution in [2.45, 2.75) is 12.5 Å². The second-order valence-electron chi connectivity index (χ2n) is 2.87. The molecule has 1 nitrogen and oxygen atoms in total. The SMILES string of the molecule is C=CC1=CC2CC2N1C. The van der Waals surface area contributed by atoms with E-state index >= 15 is 0 Å². The van der Waals surface area contributed by atoms with E-state index < -0.39 is 0 Å². The summed E-state index contributed by atoms with van der Waals surface area (Å²) in [6.07, 6.45) is 5.62. The molecule has 2 rings (SSSR count). The quantitative estimate of drug-likeness (QED) is 0.506. The van der Waals surface area contributed by atoms with E-state index in [1.54, 1.807) is 0 Å². The summed E-state index contributed by atoms with van der Waals surface area (Å²) in [7, 11) is 2.14. The van der Waals surface area contributed by atoms with Crippen LogP contribution >= 0.6 is 0 Å². The summed E-state index contributed by atoms with van der Waals surface area (Å²) in [6.45, 7) is 3.74. The predicted molar refractivity (Wildman–Crippen MR) is 37.9 cm³/mol. The van der Waals surface area contributed by atoms with Crippen LogP contribution in [0.3, 0.4) is 0 Å². The molecular weight excluding hydrogens is 110 g/mol. The first-order valence-corrected chi connectivity index (χ1v) is 3.40. The minimum Gasteiger partial charge on any atom is -0.371 e. The van der Waals surface area contributed by atoms with Crippen LogP contribution in [0, 0.1) is 5.92 Å². The van der Waals surface area contributed by atoms with Gasteiger partial charge in [-0.1, -0.05) is 12.7 Å². The Hall–Kier alpha value is -0.720. The Balaban J connectivity index is 2.24. The summed E-state index contributed by atoms with van der Waals surface area (Å²) >= 11 is 0. The van der Waals surface area contributed by atoms with Gasteiger partial charge in [0.25, 0.3) is 0 Å². The highest BCUT2D eigenvalue weighted by molar-refractivity contribution is 5.29. The predicted octanol–water partition coefficient (Wildman–Crippen LogP) is 1.39. The third kappa shape index (κ3) is 0.546. The minimum atomic E-state index is 0.831. The van der Waals surface area contributed by atoms with Crippen LogP contribution < -0.4 is 0 Å². The molecule has 0 aromatic rings. The summed E-state index contributed by atoms with van der Waals surface area (Å²) in [5, 5.41) is 0. The average molecular weight is 121 g/mol. The smallest absolute Gasteiger partial charge is 0.0357 e. The Labute approximate surface area is 55.7 Å². The second-order valence-corrected chi connectivity index (χ2v) is 2.87. The number of rotatable bonds is 1. The van der Waals surface area contributed by atoms with Gasteiger partial charge in [-0.3, -0.25) is 0 Å². The van der Waals surface area contributed by atoms with Crippen LogP contribution in [0.4, 0.5) is 0 Å². The highest BCUT2D eigenvalue weighted by atomic mass is 15.2. The van der Waals surface area contributed by atoms with E-state index in [9.17, 15) is 0 Å². The zero-order valence-electron chi connectivity index (χ0n) is 5.67. The van der Waals surface area contributed by atoms with Gasteiger partial charge in [0.05, 0.1) is 0 Å². The van der Waals surface area contributed by atoms with E-state index in [4.69, 9.17) is 0 Å². The summed E-state index contributed by atoms with van der Waals surface area (Å²) in [4.78, 5) is 2.32. The van der Waals surface area contributed by atoms with Gasteiger partial charge in [-0.2, -0.15) is 0 Å². The molecule has 0 radical (unpaired) electrons. The van der Waals surface area contributed by atoms with Crippen LogP contribution in [0.5, 0.6) is 0 Å². The molecule has 48 valence electrons. The van der Waals surface area contributed by atoms with Crippen molar-refractivity contribution < 1.29 is 0 Å². The maximum atomic E-state index is 3.74. The molecule has 2 unspecified atom stereocenters. The lowest BCUT2D eigenvalue weighted by atomic mass is 10.3. The van der Waals surface area contributed by atoms with Crippen molar-refractivity contribution in [3.63, 3.8) is 0 Å². The Morgan fingerprint density at radius 1 is 1.89 bits per heavy atom. The number of hydrogen-bond donors (Lipinski definition) is 0. The molecule has 0 saturated heterocycles. The molecule has 1 fully saturated rings. The first kappa shape index (κ1) is 5.10. The van der Waals surface area contributed by atoms with Gasteiger partial charge in [0, 0.05) is 24.7 Å². The zero-order chi connectivity index (χ0) is 6.43. The Morgan fingerprint density at radius 3 is 3.00 bits per heavy atom. The molecule has 1 saturated carbocycles. The summed E-state index contributed by atoms with van der Waals surface area (Å²) in [6, 6.07) is 0.831. The van der Waals surface area contributed by atoms with E-state index in [0.717, 1.165) is 12.0 Å². The highest BCUT2D eigenvalue weighted by Gasteiger charge is 2.43. The highest BCUT2D eigenvalue weighted by Crippen LogP contribution is 2.44. The number of nitrogens with zero attached hydrogens (tertiary/aromatic N) is 1. The fourth-order valence-corrected chi connectivity index (χ4v) is 1.57. The normalized spacial score (nSPS) is 37.9. The molecular formula is C8H11N. The fraction of sp³-hybridized carbons (Fsp3) is 0.500. The van der Waals surface area contributed by atoms with E-state index in [1.165, 1.54) is 12.1 Å². The van der Waals surface area contributed by atoms with Crippen molar-refractivity contribution >= 4 is 0 Å². The summed E-state index contributed by atoms with van der Waals surface area (Å²) in [5.41, 5.74) is 1.32. The van der Waals surface area contributed by atoms with Crippen LogP contribution in [-0.2, 0) is 0 Å². The van der Waals surface area contributed by atoms with Crippen LogP contribution in [0.25, 0.3) is 0 Å². The number of fused-ring (bicyclic) bond motifs is 1. The summed E-state index contributed by atoms with van der Waals surface area (Å²) in [5.74, 6) is 0.864. The molecule has 0 amide bonds. The van der Waals surface area contributed by atoms with Gasteiger partial charge in [-0.15, -0.1) is 0 Å². The van der Waals surface area contributed by atoms with Crippen LogP contribution in [0.1, 0.15) is 6.42 Å². The topological polar surface area (TPSA) is 3.24 Å². The van der Waals surface area contributed by atoms with Crippen LogP contribution in [-0.4, -0.2) is 18.0 Å². The van der Waals surface area contributed by atoms with Gasteiger partial charge >= 0.3 is 0 Å². The zero-order valence-corrected chi connectivity index (χ0v) is 5.67. The third-order valence-corrected chi connectivity index (χ3v) is 2.30. The monoisotopic (exact) mass is 121 g/mol. The van der Waals surface area contributed by atoms with Gasteiger partial charge in [0.2, 0.25) is 0 Å². The van der Waals surface area contributed by atoms with Gasteiger partial charge in [0.1, 0.15) is 0 Å². The summed E-state index contributed by atoms with van der Waals surface area (Å²) < 4.78 is 0. The molecule has 9 heavy (non-hydrogen) atoms. The van der Waals surface area contributed by atoms with Crippen molar-refractivity contribution in [1.82, 2.24) is 4.90 Å². The maximum Gasteiger partial charge on any atom is 0.0357 e. The molecule has 0 aromatic carbocycles. The number of hydrogen-bond acceptors (Lipinski definition) is 1. The molecule has 0 spiro atoms. The van der Waals surface area contributed by atoms with E-state index in [-0.39, 0.29) is 0 Å². The van der Waals surface area contributed by atoms with Gasteiger partial charge < -0.3 is 4.90 Å². The maximum absolute atomic E-state index is 3.74. The first-order valence-electron chi connectivity index (χ1n) is 3.40. The number of allylic oxidation sites excluding steroid dienone is 1. The molecule has 0 N–H and O–H groups in total. The molecule has 2 aliphatic rings. The van der Waals surface area contributed by atoms with Crippen LogP contribution in [0.2, 0.25) is 0 Å². The second kappa shape index (κ2) is 1.41. The van der Waals surface area contributed by atoms with Crippen LogP contribution in [0.15, 0.2) is 24.4 Å². The third-order valence-electron chi connectivity index (χ3n) is 2.30. The Bertz CT molecular complexity index is 181. The number of likely N-dealkylation sites (N-methyl/N-ethyl adjacent to an activating group) is 1. The molecule has 2 atom stereocenters. The Kier molecular flexibility index (Phi) is 0.797. The Morgan fingerprint density at radius 2 is 2.67 bits per heavy atom. The van der Waals surface area contributed by atoms with E-state index in [2.05, 4.69) is 24.6 Å².